The molecule has 9 nitrogen and oxygen atoms in total. The van der Waals surface area contributed by atoms with E-state index in [-0.39, 0.29) is 25.3 Å². The van der Waals surface area contributed by atoms with Gasteiger partial charge in [-0.1, -0.05) is 24.3 Å². The maximum atomic E-state index is 13.9. The second-order valence-corrected chi connectivity index (χ2v) is 9.58. The monoisotopic (exact) mass is 559 g/mol. The molecule has 0 radical (unpaired) electrons. The first-order chi connectivity index (χ1) is 19.1. The van der Waals surface area contributed by atoms with Crippen LogP contribution in [0.15, 0.2) is 47.0 Å². The van der Waals surface area contributed by atoms with Gasteiger partial charge in [-0.3, -0.25) is 19.3 Å². The number of amides is 2. The number of halogens is 4. The Kier molecular flexibility index (Phi) is 7.55. The van der Waals surface area contributed by atoms with E-state index in [9.17, 15) is 31.9 Å². The van der Waals surface area contributed by atoms with E-state index in [1.807, 2.05) is 4.90 Å². The van der Waals surface area contributed by atoms with Crippen molar-refractivity contribution in [1.29, 1.82) is 0 Å². The molecule has 1 aromatic carbocycles. The molecule has 210 valence electrons. The van der Waals surface area contributed by atoms with E-state index in [0.717, 1.165) is 4.90 Å². The smallest absolute Gasteiger partial charge is 0.419 e. The van der Waals surface area contributed by atoms with Gasteiger partial charge in [0.25, 0.3) is 0 Å². The minimum Gasteiger partial charge on any atom is -0.419 e. The van der Waals surface area contributed by atoms with Gasteiger partial charge in [0.15, 0.2) is 5.69 Å². The third-order valence-electron chi connectivity index (χ3n) is 6.87. The molecule has 0 aliphatic carbocycles. The molecule has 2 amide bonds. The zero-order valence-corrected chi connectivity index (χ0v) is 21.3. The SMILES string of the molecule is O=C(Cc1ccc(N2CCN(C(=O)Cc3ccccc3F)CC2)nc1)c1oc(N2CCCC2=O)nc1C(F)(F)F. The van der Waals surface area contributed by atoms with Gasteiger partial charge in [0, 0.05) is 51.8 Å². The summed E-state index contributed by atoms with van der Waals surface area (Å²) >= 11 is 0. The highest BCUT2D eigenvalue weighted by molar-refractivity contribution is 5.97. The van der Waals surface area contributed by atoms with Crippen molar-refractivity contribution in [3.05, 3.63) is 71.0 Å². The second kappa shape index (κ2) is 11.1. The summed E-state index contributed by atoms with van der Waals surface area (Å²) in [5, 5.41) is 0. The Hall–Kier alpha value is -4.29. The van der Waals surface area contributed by atoms with Gasteiger partial charge in [0.1, 0.15) is 11.6 Å². The molecular weight excluding hydrogens is 534 g/mol. The van der Waals surface area contributed by atoms with Gasteiger partial charge in [0.05, 0.1) is 6.42 Å². The van der Waals surface area contributed by atoms with Crippen LogP contribution in [-0.2, 0) is 28.6 Å². The molecule has 2 fully saturated rings. The van der Waals surface area contributed by atoms with E-state index in [2.05, 4.69) is 9.97 Å². The zero-order valence-electron chi connectivity index (χ0n) is 21.3. The average molecular weight is 560 g/mol. The number of carbonyl (C=O) groups is 3. The lowest BCUT2D eigenvalue weighted by molar-refractivity contribution is -0.141. The van der Waals surface area contributed by atoms with Gasteiger partial charge in [-0.15, -0.1) is 0 Å². The first-order valence-corrected chi connectivity index (χ1v) is 12.7. The van der Waals surface area contributed by atoms with Crippen LogP contribution in [0.25, 0.3) is 0 Å². The Morgan fingerprint density at radius 1 is 0.975 bits per heavy atom. The van der Waals surface area contributed by atoms with Crippen molar-refractivity contribution in [2.24, 2.45) is 0 Å². The Morgan fingerprint density at radius 2 is 1.73 bits per heavy atom. The van der Waals surface area contributed by atoms with Crippen molar-refractivity contribution in [2.75, 3.05) is 42.5 Å². The summed E-state index contributed by atoms with van der Waals surface area (Å²) in [5.41, 5.74) is -0.745. The van der Waals surface area contributed by atoms with Crippen molar-refractivity contribution in [2.45, 2.75) is 31.9 Å². The van der Waals surface area contributed by atoms with Crippen LogP contribution in [0.5, 0.6) is 0 Å². The van der Waals surface area contributed by atoms with Gasteiger partial charge in [-0.25, -0.2) is 9.37 Å². The normalized spacial score (nSPS) is 16.1. The maximum absolute atomic E-state index is 13.9. The molecular formula is C27H25F4N5O4. The number of anilines is 2. The summed E-state index contributed by atoms with van der Waals surface area (Å²) in [6.45, 7) is 1.98. The van der Waals surface area contributed by atoms with Crippen LogP contribution in [-0.4, -0.2) is 65.2 Å². The number of benzene rings is 1. The fourth-order valence-corrected chi connectivity index (χ4v) is 4.73. The molecule has 40 heavy (non-hydrogen) atoms. The first-order valence-electron chi connectivity index (χ1n) is 12.7. The topological polar surface area (TPSA) is 99.9 Å². The molecule has 0 spiro atoms. The van der Waals surface area contributed by atoms with E-state index in [1.165, 1.54) is 12.3 Å². The lowest BCUT2D eigenvalue weighted by Crippen LogP contribution is -2.49. The number of pyridine rings is 1. The van der Waals surface area contributed by atoms with Crippen molar-refractivity contribution >= 4 is 29.4 Å². The highest BCUT2D eigenvalue weighted by atomic mass is 19.4. The molecule has 2 aromatic heterocycles. The van der Waals surface area contributed by atoms with Gasteiger partial charge in [0.2, 0.25) is 23.4 Å². The van der Waals surface area contributed by atoms with Crippen LogP contribution in [0.4, 0.5) is 29.4 Å². The molecule has 2 aliphatic heterocycles. The predicted molar refractivity (Wildman–Crippen MR) is 134 cm³/mol. The number of ketones is 1. The van der Waals surface area contributed by atoms with Crippen LogP contribution in [0.2, 0.25) is 0 Å². The van der Waals surface area contributed by atoms with Crippen molar-refractivity contribution in [3.8, 4) is 0 Å². The molecule has 0 atom stereocenters. The van der Waals surface area contributed by atoms with E-state index in [0.29, 0.717) is 49.5 Å². The predicted octanol–water partition coefficient (Wildman–Crippen LogP) is 3.67. The zero-order chi connectivity index (χ0) is 28.4. The number of carbonyl (C=O) groups excluding carboxylic acids is 3. The maximum Gasteiger partial charge on any atom is 0.437 e. The lowest BCUT2D eigenvalue weighted by Gasteiger charge is -2.35. The Labute approximate surface area is 226 Å². The quantitative estimate of drug-likeness (QED) is 0.322. The van der Waals surface area contributed by atoms with Crippen molar-refractivity contribution in [3.63, 3.8) is 0 Å². The number of nitrogens with zero attached hydrogens (tertiary/aromatic N) is 5. The standard InChI is InChI=1S/C27H25F4N5O4/c28-19-5-2-1-4-18(19)15-23(39)35-12-10-34(11-13-35)21-8-7-17(16-32-21)14-20(37)24-25(27(29,30)31)33-26(40-24)36-9-3-6-22(36)38/h1-2,4-5,7-8,16H,3,6,9-15H2. The van der Waals surface area contributed by atoms with E-state index in [1.54, 1.807) is 35.2 Å². The lowest BCUT2D eigenvalue weighted by atomic mass is 10.1. The molecule has 4 heterocycles. The summed E-state index contributed by atoms with van der Waals surface area (Å²) in [7, 11) is 0. The van der Waals surface area contributed by atoms with Crippen LogP contribution in [0, 0.1) is 5.82 Å². The van der Waals surface area contributed by atoms with Crippen LogP contribution < -0.4 is 9.80 Å². The third-order valence-corrected chi connectivity index (χ3v) is 6.87. The number of piperazine rings is 1. The number of aromatic nitrogens is 2. The highest BCUT2D eigenvalue weighted by Crippen LogP contribution is 2.35. The molecule has 2 saturated heterocycles. The number of alkyl halides is 3. The molecule has 3 aromatic rings. The largest absolute Gasteiger partial charge is 0.437 e. The number of rotatable bonds is 7. The van der Waals surface area contributed by atoms with Crippen LogP contribution >= 0.6 is 0 Å². The fraction of sp³-hybridized carbons (Fsp3) is 0.370. The minimum absolute atomic E-state index is 0.0231. The van der Waals surface area contributed by atoms with Gasteiger partial charge in [-0.2, -0.15) is 18.2 Å². The fourth-order valence-electron chi connectivity index (χ4n) is 4.73. The molecule has 0 N–H and O–H groups in total. The minimum atomic E-state index is -4.93. The number of hydrogen-bond acceptors (Lipinski definition) is 7. The summed E-state index contributed by atoms with van der Waals surface area (Å²) < 4.78 is 59.8. The van der Waals surface area contributed by atoms with Gasteiger partial charge in [-0.05, 0) is 29.7 Å². The van der Waals surface area contributed by atoms with E-state index >= 15 is 0 Å². The van der Waals surface area contributed by atoms with E-state index in [4.69, 9.17) is 4.42 Å². The molecule has 5 rings (SSSR count). The van der Waals surface area contributed by atoms with Crippen LogP contribution in [0.1, 0.15) is 40.2 Å². The molecule has 13 heteroatoms. The van der Waals surface area contributed by atoms with E-state index < -0.39 is 47.6 Å². The van der Waals surface area contributed by atoms with Crippen molar-refractivity contribution in [1.82, 2.24) is 14.9 Å². The Morgan fingerprint density at radius 3 is 2.35 bits per heavy atom. The Bertz CT molecular complexity index is 1420. The number of Topliss-reactive ketones (excluding diaryl/α,β-unsaturated/α-hetero) is 1. The van der Waals surface area contributed by atoms with Crippen molar-refractivity contribution < 1.29 is 36.4 Å². The highest BCUT2D eigenvalue weighted by Gasteiger charge is 2.42. The van der Waals surface area contributed by atoms with Crippen LogP contribution in [0.3, 0.4) is 0 Å². The molecule has 2 aliphatic rings. The molecule has 0 unspecified atom stereocenters. The van der Waals surface area contributed by atoms with Gasteiger partial charge < -0.3 is 14.2 Å². The molecule has 0 bridgehead atoms. The third kappa shape index (κ3) is 5.82. The average Bonchev–Trinajstić information content (AvgIpc) is 3.57. The number of oxazole rings is 1. The number of hydrogen-bond donors (Lipinski definition) is 0. The second-order valence-electron chi connectivity index (χ2n) is 9.58. The van der Waals surface area contributed by atoms with Gasteiger partial charge >= 0.3 is 12.2 Å². The summed E-state index contributed by atoms with van der Waals surface area (Å²) in [6.07, 6.45) is -3.33. The first kappa shape index (κ1) is 27.3. The summed E-state index contributed by atoms with van der Waals surface area (Å²) in [6, 6.07) is 8.86. The summed E-state index contributed by atoms with van der Waals surface area (Å²) in [5.74, 6) is -2.30. The molecule has 0 saturated carbocycles. The Balaban J connectivity index is 1.20. The summed E-state index contributed by atoms with van der Waals surface area (Å²) in [4.78, 5) is 49.7.